The van der Waals surface area contributed by atoms with Crippen LogP contribution in [0, 0.1) is 5.92 Å². The van der Waals surface area contributed by atoms with Crippen LogP contribution in [0.1, 0.15) is 50.0 Å². The molecule has 3 rings (SSSR count). The quantitative estimate of drug-likeness (QED) is 0.901. The van der Waals surface area contributed by atoms with Gasteiger partial charge in [0.25, 0.3) is 0 Å². The number of hydrogen-bond acceptors (Lipinski definition) is 3. The summed E-state index contributed by atoms with van der Waals surface area (Å²) < 4.78 is 5.68. The van der Waals surface area contributed by atoms with Crippen molar-refractivity contribution in [2.45, 2.75) is 44.4 Å². The number of ether oxygens (including phenoxy) is 1. The Bertz CT molecular complexity index is 594. The monoisotopic (exact) mass is 330 g/mol. The van der Waals surface area contributed by atoms with E-state index in [1.807, 2.05) is 23.1 Å². The second-order valence-electron chi connectivity index (χ2n) is 6.91. The number of likely N-dealkylation sites (tertiary alicyclic amines) is 1. The zero-order chi connectivity index (χ0) is 16.9. The summed E-state index contributed by atoms with van der Waals surface area (Å²) in [7, 11) is 0. The zero-order valence-corrected chi connectivity index (χ0v) is 14.1. The Morgan fingerprint density at radius 3 is 2.67 bits per heavy atom. The van der Waals surface area contributed by atoms with Gasteiger partial charge in [0.2, 0.25) is 11.8 Å². The first-order valence-corrected chi connectivity index (χ1v) is 8.91. The first-order chi connectivity index (χ1) is 11.6. The van der Waals surface area contributed by atoms with Gasteiger partial charge in [0.15, 0.2) is 0 Å². The van der Waals surface area contributed by atoms with E-state index in [1.165, 1.54) is 0 Å². The Hall–Kier alpha value is -2.04. The van der Waals surface area contributed by atoms with Crippen LogP contribution in [-0.2, 0) is 9.59 Å². The van der Waals surface area contributed by atoms with Gasteiger partial charge in [-0.1, -0.05) is 18.2 Å². The average Bonchev–Trinajstić information content (AvgIpc) is 2.60. The van der Waals surface area contributed by atoms with Crippen LogP contribution in [0.4, 0.5) is 0 Å². The summed E-state index contributed by atoms with van der Waals surface area (Å²) in [6.45, 7) is 2.28. The fourth-order valence-corrected chi connectivity index (χ4v) is 3.79. The maximum Gasteiger partial charge on any atom is 0.223 e. The lowest BCUT2D eigenvalue weighted by atomic mass is 9.88. The van der Waals surface area contributed by atoms with Crippen molar-refractivity contribution in [3.8, 4) is 5.75 Å². The highest BCUT2D eigenvalue weighted by molar-refractivity contribution is 5.77. The van der Waals surface area contributed by atoms with E-state index in [9.17, 15) is 9.59 Å². The van der Waals surface area contributed by atoms with E-state index in [4.69, 9.17) is 10.5 Å². The van der Waals surface area contributed by atoms with Gasteiger partial charge in [0, 0.05) is 25.9 Å². The lowest BCUT2D eigenvalue weighted by Gasteiger charge is -2.33. The number of carbonyl (C=O) groups excluding carboxylic acids is 2. The van der Waals surface area contributed by atoms with Crippen LogP contribution in [0.25, 0.3) is 0 Å². The minimum absolute atomic E-state index is 0.230. The minimum Gasteiger partial charge on any atom is -0.493 e. The maximum atomic E-state index is 12.7. The molecule has 2 amide bonds. The molecular weight excluding hydrogens is 304 g/mol. The van der Waals surface area contributed by atoms with Gasteiger partial charge in [-0.05, 0) is 49.1 Å². The van der Waals surface area contributed by atoms with Crippen molar-refractivity contribution in [3.63, 3.8) is 0 Å². The molecule has 0 bridgehead atoms. The number of primary amides is 1. The largest absolute Gasteiger partial charge is 0.493 e. The second-order valence-corrected chi connectivity index (χ2v) is 6.91. The van der Waals surface area contributed by atoms with E-state index < -0.39 is 0 Å². The third-order valence-electron chi connectivity index (χ3n) is 5.27. The molecule has 2 aliphatic heterocycles. The number of piperidine rings is 1. The Balaban J connectivity index is 1.51. The number of carbonyl (C=O) groups is 2. The summed E-state index contributed by atoms with van der Waals surface area (Å²) in [5.74, 6) is 1.71. The number of nitrogens with zero attached hydrogens (tertiary/aromatic N) is 1. The van der Waals surface area contributed by atoms with Crippen molar-refractivity contribution < 1.29 is 14.3 Å². The third kappa shape index (κ3) is 4.08. The fraction of sp³-hybridized carbons (Fsp3) is 0.579. The van der Waals surface area contributed by atoms with Gasteiger partial charge in [0.1, 0.15) is 5.75 Å². The second kappa shape index (κ2) is 7.69. The molecule has 1 saturated heterocycles. The molecule has 0 aliphatic carbocycles. The predicted molar refractivity (Wildman–Crippen MR) is 91.6 cm³/mol. The molecule has 0 aromatic heterocycles. The lowest BCUT2D eigenvalue weighted by molar-refractivity contribution is -0.133. The van der Waals surface area contributed by atoms with E-state index in [0.29, 0.717) is 25.4 Å². The van der Waals surface area contributed by atoms with Crippen LogP contribution in [0.5, 0.6) is 5.75 Å². The van der Waals surface area contributed by atoms with Gasteiger partial charge in [-0.2, -0.15) is 0 Å². The molecule has 0 radical (unpaired) electrons. The molecule has 1 aromatic carbocycles. The molecule has 5 heteroatoms. The Morgan fingerprint density at radius 1 is 1.17 bits per heavy atom. The lowest BCUT2D eigenvalue weighted by Crippen LogP contribution is -2.39. The molecule has 2 aliphatic rings. The van der Waals surface area contributed by atoms with Gasteiger partial charge in [0.05, 0.1) is 6.61 Å². The van der Waals surface area contributed by atoms with Crippen LogP contribution >= 0.6 is 0 Å². The summed E-state index contributed by atoms with van der Waals surface area (Å²) in [5, 5.41) is 0. The number of hydrogen-bond donors (Lipinski definition) is 1. The highest BCUT2D eigenvalue weighted by Crippen LogP contribution is 2.36. The Labute approximate surface area is 143 Å². The van der Waals surface area contributed by atoms with Crippen LogP contribution in [0.3, 0.4) is 0 Å². The molecular formula is C19H26N2O3. The topological polar surface area (TPSA) is 72.6 Å². The molecule has 0 unspecified atom stereocenters. The molecule has 24 heavy (non-hydrogen) atoms. The molecule has 2 N–H and O–H groups in total. The van der Waals surface area contributed by atoms with Crippen molar-refractivity contribution in [1.29, 1.82) is 0 Å². The first kappa shape index (κ1) is 16.8. The number of para-hydroxylation sites is 1. The van der Waals surface area contributed by atoms with Crippen LogP contribution < -0.4 is 10.5 Å². The molecule has 5 nitrogen and oxygen atoms in total. The van der Waals surface area contributed by atoms with E-state index in [-0.39, 0.29) is 17.7 Å². The Kier molecular flexibility index (Phi) is 5.38. The fourth-order valence-electron chi connectivity index (χ4n) is 3.79. The van der Waals surface area contributed by atoms with Crippen molar-refractivity contribution in [2.24, 2.45) is 11.7 Å². The van der Waals surface area contributed by atoms with Crippen molar-refractivity contribution in [1.82, 2.24) is 4.90 Å². The van der Waals surface area contributed by atoms with Crippen LogP contribution in [-0.4, -0.2) is 36.4 Å². The average molecular weight is 330 g/mol. The van der Waals surface area contributed by atoms with Crippen molar-refractivity contribution in [2.75, 3.05) is 19.7 Å². The van der Waals surface area contributed by atoms with Crippen LogP contribution in [0.2, 0.25) is 0 Å². The van der Waals surface area contributed by atoms with Crippen molar-refractivity contribution >= 4 is 11.8 Å². The highest BCUT2D eigenvalue weighted by atomic mass is 16.5. The van der Waals surface area contributed by atoms with Gasteiger partial charge < -0.3 is 15.4 Å². The number of amides is 2. The number of rotatable bonds is 5. The molecule has 1 fully saturated rings. The summed E-state index contributed by atoms with van der Waals surface area (Å²) >= 11 is 0. The van der Waals surface area contributed by atoms with Crippen molar-refractivity contribution in [3.05, 3.63) is 29.8 Å². The first-order valence-electron chi connectivity index (χ1n) is 8.91. The Morgan fingerprint density at radius 2 is 1.92 bits per heavy atom. The SMILES string of the molecule is NC(=O)CCC1CCN(C(=O)C[C@H]2CCOc3ccccc32)CC1. The normalized spacial score (nSPS) is 21.0. The molecule has 1 aromatic rings. The van der Waals surface area contributed by atoms with Gasteiger partial charge in [-0.15, -0.1) is 0 Å². The van der Waals surface area contributed by atoms with Gasteiger partial charge in [-0.25, -0.2) is 0 Å². The summed E-state index contributed by atoms with van der Waals surface area (Å²) in [6.07, 6.45) is 4.72. The highest BCUT2D eigenvalue weighted by Gasteiger charge is 2.28. The number of nitrogens with two attached hydrogens (primary N) is 1. The predicted octanol–water partition coefficient (Wildman–Crippen LogP) is 2.45. The van der Waals surface area contributed by atoms with Gasteiger partial charge >= 0.3 is 0 Å². The van der Waals surface area contributed by atoms with E-state index in [0.717, 1.165) is 50.1 Å². The third-order valence-corrected chi connectivity index (χ3v) is 5.27. The van der Waals surface area contributed by atoms with Crippen LogP contribution in [0.15, 0.2) is 24.3 Å². The van der Waals surface area contributed by atoms with Gasteiger partial charge in [-0.3, -0.25) is 9.59 Å². The number of fused-ring (bicyclic) bond motifs is 1. The zero-order valence-electron chi connectivity index (χ0n) is 14.1. The van der Waals surface area contributed by atoms with E-state index in [2.05, 4.69) is 6.07 Å². The smallest absolute Gasteiger partial charge is 0.223 e. The number of benzene rings is 1. The molecule has 2 heterocycles. The maximum absolute atomic E-state index is 12.7. The summed E-state index contributed by atoms with van der Waals surface area (Å²) in [5.41, 5.74) is 6.38. The molecule has 0 spiro atoms. The van der Waals surface area contributed by atoms with E-state index in [1.54, 1.807) is 0 Å². The summed E-state index contributed by atoms with van der Waals surface area (Å²) in [6, 6.07) is 8.04. The molecule has 130 valence electrons. The standard InChI is InChI=1S/C19H26N2O3/c20-18(22)6-5-14-7-10-21(11-8-14)19(23)13-15-9-12-24-17-4-2-1-3-16(15)17/h1-4,14-15H,5-13H2,(H2,20,22)/t15-/m1/s1. The van der Waals surface area contributed by atoms with E-state index >= 15 is 0 Å². The molecule has 1 atom stereocenters. The summed E-state index contributed by atoms with van der Waals surface area (Å²) in [4.78, 5) is 25.5. The minimum atomic E-state index is -0.230. The molecule has 0 saturated carbocycles.